The minimum atomic E-state index is -0.656. The lowest BCUT2D eigenvalue weighted by Gasteiger charge is -2.13. The molecule has 3 rings (SSSR count). The van der Waals surface area contributed by atoms with Crippen LogP contribution in [0.25, 0.3) is 6.08 Å². The van der Waals surface area contributed by atoms with Crippen LogP contribution in [0.5, 0.6) is 5.75 Å². The van der Waals surface area contributed by atoms with Gasteiger partial charge in [-0.25, -0.2) is 4.79 Å². The van der Waals surface area contributed by atoms with E-state index in [9.17, 15) is 19.2 Å². The van der Waals surface area contributed by atoms with E-state index in [1.807, 2.05) is 13.8 Å². The zero-order chi connectivity index (χ0) is 24.8. The molecular weight excluding hydrogens is 480 g/mol. The lowest BCUT2D eigenvalue weighted by atomic mass is 10.2. The van der Waals surface area contributed by atoms with Gasteiger partial charge in [-0.2, -0.15) is 0 Å². The third-order valence-corrected chi connectivity index (χ3v) is 6.16. The molecule has 178 valence electrons. The fraction of sp³-hybridized carbons (Fsp3) is 0.250. The van der Waals surface area contributed by atoms with E-state index in [1.54, 1.807) is 30.3 Å². The van der Waals surface area contributed by atoms with Crippen LogP contribution in [0.4, 0.5) is 10.5 Å². The maximum absolute atomic E-state index is 12.7. The molecule has 1 heterocycles. The van der Waals surface area contributed by atoms with Gasteiger partial charge in [0.05, 0.1) is 28.7 Å². The van der Waals surface area contributed by atoms with E-state index >= 15 is 0 Å². The summed E-state index contributed by atoms with van der Waals surface area (Å²) in [6.07, 6.45) is 2.57. The Bertz CT molecular complexity index is 1150. The highest BCUT2D eigenvalue weighted by Crippen LogP contribution is 2.32. The fourth-order valence-corrected chi connectivity index (χ4v) is 3.99. The van der Waals surface area contributed by atoms with Crippen LogP contribution in [0.2, 0.25) is 5.02 Å². The van der Waals surface area contributed by atoms with E-state index in [1.165, 1.54) is 25.3 Å². The normalized spacial score (nSPS) is 15.4. The Labute approximate surface area is 206 Å². The average Bonchev–Trinajstić information content (AvgIpc) is 3.08. The molecule has 34 heavy (non-hydrogen) atoms. The number of halogens is 1. The number of thioether (sulfide) groups is 1. The molecule has 8 nitrogen and oxygen atoms in total. The van der Waals surface area contributed by atoms with Crippen LogP contribution in [0.15, 0.2) is 47.4 Å². The van der Waals surface area contributed by atoms with E-state index in [4.69, 9.17) is 16.3 Å². The highest BCUT2D eigenvalue weighted by Gasteiger charge is 2.36. The summed E-state index contributed by atoms with van der Waals surface area (Å²) >= 11 is 6.74. The SMILES string of the molecule is CC[C@H](C)Oc1ccc(/C=C2\SC(=O)N(CC(=O)Nc3ccc(Cl)c(C(=O)OC)c3)C2=O)cc1. The van der Waals surface area contributed by atoms with Gasteiger partial charge < -0.3 is 14.8 Å². The summed E-state index contributed by atoms with van der Waals surface area (Å²) < 4.78 is 10.4. The molecule has 3 amide bonds. The Balaban J connectivity index is 1.66. The maximum atomic E-state index is 12.7. The van der Waals surface area contributed by atoms with Crippen molar-refractivity contribution in [2.75, 3.05) is 19.0 Å². The number of carbonyl (C=O) groups excluding carboxylic acids is 4. The van der Waals surface area contributed by atoms with E-state index in [-0.39, 0.29) is 27.3 Å². The fourth-order valence-electron chi connectivity index (χ4n) is 2.96. The summed E-state index contributed by atoms with van der Waals surface area (Å²) in [7, 11) is 1.21. The molecule has 0 unspecified atom stereocenters. The monoisotopic (exact) mass is 502 g/mol. The van der Waals surface area contributed by atoms with E-state index in [0.717, 1.165) is 28.6 Å². The molecule has 2 aromatic carbocycles. The number of hydrogen-bond donors (Lipinski definition) is 1. The second-order valence-electron chi connectivity index (χ2n) is 7.41. The smallest absolute Gasteiger partial charge is 0.339 e. The van der Waals surface area contributed by atoms with Crippen molar-refractivity contribution in [2.24, 2.45) is 0 Å². The number of carbonyl (C=O) groups is 4. The zero-order valence-corrected chi connectivity index (χ0v) is 20.4. The van der Waals surface area contributed by atoms with Gasteiger partial charge in [0.25, 0.3) is 11.1 Å². The van der Waals surface area contributed by atoms with Gasteiger partial charge in [0.1, 0.15) is 12.3 Å². The molecule has 0 aliphatic carbocycles. The summed E-state index contributed by atoms with van der Waals surface area (Å²) in [5.74, 6) is -1.10. The maximum Gasteiger partial charge on any atom is 0.339 e. The van der Waals surface area contributed by atoms with Crippen LogP contribution < -0.4 is 10.1 Å². The van der Waals surface area contributed by atoms with Gasteiger partial charge in [-0.05, 0) is 67.1 Å². The quantitative estimate of drug-likeness (QED) is 0.401. The minimum absolute atomic E-state index is 0.0802. The van der Waals surface area contributed by atoms with Crippen LogP contribution in [0.1, 0.15) is 36.2 Å². The highest BCUT2D eigenvalue weighted by atomic mass is 35.5. The number of ether oxygens (including phenoxy) is 2. The number of methoxy groups -OCH3 is 1. The lowest BCUT2D eigenvalue weighted by molar-refractivity contribution is -0.127. The average molecular weight is 503 g/mol. The van der Waals surface area contributed by atoms with E-state index < -0.39 is 29.6 Å². The number of hydrogen-bond acceptors (Lipinski definition) is 7. The van der Waals surface area contributed by atoms with Crippen LogP contribution in [0, 0.1) is 0 Å². The summed E-state index contributed by atoms with van der Waals surface area (Å²) in [5, 5.41) is 2.17. The summed E-state index contributed by atoms with van der Waals surface area (Å²) in [5.41, 5.74) is 1.08. The van der Waals surface area contributed by atoms with Crippen molar-refractivity contribution in [1.29, 1.82) is 0 Å². The van der Waals surface area contributed by atoms with Crippen molar-refractivity contribution in [2.45, 2.75) is 26.4 Å². The molecule has 1 aliphatic heterocycles. The van der Waals surface area contributed by atoms with Crippen LogP contribution in [-0.2, 0) is 14.3 Å². The van der Waals surface area contributed by atoms with Gasteiger partial charge in [0.2, 0.25) is 5.91 Å². The molecule has 0 radical (unpaired) electrons. The number of anilines is 1. The molecule has 0 spiro atoms. The standard InChI is InChI=1S/C24H23ClN2O6S/c1-4-14(2)33-17-8-5-15(6-9-17)11-20-22(29)27(24(31)34-20)13-21(28)26-16-7-10-19(25)18(12-16)23(30)32-3/h5-12,14H,4,13H2,1-3H3,(H,26,28)/b20-11-/t14-/m0/s1. The van der Waals surface area contributed by atoms with Gasteiger partial charge in [-0.3, -0.25) is 19.3 Å². The Kier molecular flexibility index (Phi) is 8.36. The number of imide groups is 1. The minimum Gasteiger partial charge on any atom is -0.491 e. The van der Waals surface area contributed by atoms with Crippen LogP contribution >= 0.6 is 23.4 Å². The van der Waals surface area contributed by atoms with Gasteiger partial charge in [0, 0.05) is 5.69 Å². The highest BCUT2D eigenvalue weighted by molar-refractivity contribution is 8.18. The first-order valence-corrected chi connectivity index (χ1v) is 11.6. The molecule has 2 aromatic rings. The third-order valence-electron chi connectivity index (χ3n) is 4.92. The molecule has 1 N–H and O–H groups in total. The first-order valence-electron chi connectivity index (χ1n) is 10.4. The van der Waals surface area contributed by atoms with Crippen LogP contribution in [0.3, 0.4) is 0 Å². The van der Waals surface area contributed by atoms with Crippen LogP contribution in [-0.4, -0.2) is 47.7 Å². The van der Waals surface area contributed by atoms with Crippen molar-refractivity contribution in [1.82, 2.24) is 4.90 Å². The third kappa shape index (κ3) is 6.18. The predicted molar refractivity (Wildman–Crippen MR) is 131 cm³/mol. The van der Waals surface area contributed by atoms with Crippen molar-refractivity contribution >= 4 is 58.1 Å². The second kappa shape index (κ2) is 11.2. The first kappa shape index (κ1) is 25.3. The van der Waals surface area contributed by atoms with Gasteiger partial charge >= 0.3 is 5.97 Å². The molecule has 1 saturated heterocycles. The van der Waals surface area contributed by atoms with E-state index in [2.05, 4.69) is 10.1 Å². The van der Waals surface area contributed by atoms with Gasteiger partial charge in [-0.15, -0.1) is 0 Å². The first-order chi connectivity index (χ1) is 16.2. The number of nitrogens with one attached hydrogen (secondary N) is 1. The molecule has 0 aromatic heterocycles. The Morgan fingerprint density at radius 2 is 1.88 bits per heavy atom. The van der Waals surface area contributed by atoms with Crippen molar-refractivity contribution in [3.8, 4) is 5.75 Å². The topological polar surface area (TPSA) is 102 Å². The van der Waals surface area contributed by atoms with E-state index in [0.29, 0.717) is 5.75 Å². The van der Waals surface area contributed by atoms with Gasteiger partial charge in [0.15, 0.2) is 0 Å². The molecule has 1 fully saturated rings. The molecule has 0 saturated carbocycles. The predicted octanol–water partition coefficient (Wildman–Crippen LogP) is 4.98. The number of rotatable bonds is 8. The second-order valence-corrected chi connectivity index (χ2v) is 8.81. The Hall–Kier alpha value is -3.30. The zero-order valence-electron chi connectivity index (χ0n) is 18.8. The number of esters is 1. The molecule has 1 aliphatic rings. The largest absolute Gasteiger partial charge is 0.491 e. The molecule has 10 heteroatoms. The number of amides is 3. The summed E-state index contributed by atoms with van der Waals surface area (Å²) in [6, 6.07) is 11.5. The lowest BCUT2D eigenvalue weighted by Crippen LogP contribution is -2.36. The van der Waals surface area contributed by atoms with Crippen molar-refractivity contribution < 1.29 is 28.7 Å². The molecular formula is C24H23ClN2O6S. The summed E-state index contributed by atoms with van der Waals surface area (Å²) in [6.45, 7) is 3.54. The van der Waals surface area contributed by atoms with Crippen molar-refractivity contribution in [3.63, 3.8) is 0 Å². The molecule has 0 bridgehead atoms. The Morgan fingerprint density at radius 1 is 1.18 bits per heavy atom. The molecule has 1 atom stereocenters. The summed E-state index contributed by atoms with van der Waals surface area (Å²) in [4.78, 5) is 50.4. The van der Waals surface area contributed by atoms with Gasteiger partial charge in [-0.1, -0.05) is 30.7 Å². The van der Waals surface area contributed by atoms with Crippen molar-refractivity contribution in [3.05, 3.63) is 63.5 Å². The number of benzene rings is 2. The Morgan fingerprint density at radius 3 is 2.53 bits per heavy atom. The number of nitrogens with zero attached hydrogens (tertiary/aromatic N) is 1.